The number of nitrogens with zero attached hydrogens (tertiary/aromatic N) is 3. The van der Waals surface area contributed by atoms with Gasteiger partial charge in [0.05, 0.1) is 6.61 Å². The number of benzene rings is 1. The molecule has 0 spiro atoms. The highest BCUT2D eigenvalue weighted by atomic mass is 32.2. The molecule has 4 aromatic rings. The van der Waals surface area contributed by atoms with E-state index in [9.17, 15) is 22.0 Å². The molecule has 0 unspecified atom stereocenters. The van der Waals surface area contributed by atoms with E-state index >= 15 is 0 Å². The van der Waals surface area contributed by atoms with Crippen molar-refractivity contribution >= 4 is 21.4 Å². The summed E-state index contributed by atoms with van der Waals surface area (Å²) < 4.78 is 67.7. The third-order valence-electron chi connectivity index (χ3n) is 5.22. The highest BCUT2D eigenvalue weighted by Gasteiger charge is 2.22. The van der Waals surface area contributed by atoms with Crippen molar-refractivity contribution < 1.29 is 26.7 Å². The largest absolute Gasteiger partial charge is 0.476 e. The van der Waals surface area contributed by atoms with Gasteiger partial charge in [-0.2, -0.15) is 0 Å². The Bertz CT molecular complexity index is 1590. The lowest BCUT2D eigenvalue weighted by Crippen LogP contribution is -2.17. The Kier molecular flexibility index (Phi) is 7.27. The number of ether oxygens (including phenoxy) is 2. The van der Waals surface area contributed by atoms with Crippen LogP contribution in [0.1, 0.15) is 12.0 Å². The van der Waals surface area contributed by atoms with Crippen molar-refractivity contribution in [3.63, 3.8) is 0 Å². The van der Waals surface area contributed by atoms with E-state index in [4.69, 9.17) is 9.47 Å². The first-order valence-electron chi connectivity index (χ1n) is 10.8. The molecule has 9 nitrogen and oxygen atoms in total. The highest BCUT2D eigenvalue weighted by molar-refractivity contribution is 7.92. The second kappa shape index (κ2) is 10.4. The predicted molar refractivity (Wildman–Crippen MR) is 129 cm³/mol. The Morgan fingerprint density at radius 1 is 1.03 bits per heavy atom. The molecule has 0 saturated carbocycles. The molecule has 36 heavy (non-hydrogen) atoms. The lowest BCUT2D eigenvalue weighted by Gasteiger charge is -2.15. The molecule has 1 aromatic carbocycles. The summed E-state index contributed by atoms with van der Waals surface area (Å²) in [4.78, 5) is 20.2. The third kappa shape index (κ3) is 5.34. The van der Waals surface area contributed by atoms with Gasteiger partial charge in [-0.1, -0.05) is 0 Å². The molecular formula is C24H22F2N4O5S. The van der Waals surface area contributed by atoms with Gasteiger partial charge >= 0.3 is 0 Å². The van der Waals surface area contributed by atoms with Crippen LogP contribution in [0.5, 0.6) is 5.88 Å². The molecule has 1 N–H and O–H groups in total. The molecule has 3 heterocycles. The Labute approximate surface area is 205 Å². The molecule has 4 rings (SSSR count). The SMILES string of the molecule is COCCCOc1ncc(-c2ccc3ncc(C)c(=O)n3c2)cc1NS(=O)(=O)c1ccc(F)cc1F. The minimum Gasteiger partial charge on any atom is -0.476 e. The van der Waals surface area contributed by atoms with Gasteiger partial charge in [0, 0.05) is 61.5 Å². The van der Waals surface area contributed by atoms with Crippen LogP contribution in [0.3, 0.4) is 0 Å². The van der Waals surface area contributed by atoms with Crippen molar-refractivity contribution in [3.05, 3.63) is 82.5 Å². The molecule has 188 valence electrons. The van der Waals surface area contributed by atoms with Gasteiger partial charge in [0.25, 0.3) is 15.6 Å². The maximum atomic E-state index is 14.2. The number of pyridine rings is 2. The lowest BCUT2D eigenvalue weighted by molar-refractivity contribution is 0.171. The van der Waals surface area contributed by atoms with Gasteiger partial charge in [-0.05, 0) is 37.3 Å². The zero-order valence-electron chi connectivity index (χ0n) is 19.4. The van der Waals surface area contributed by atoms with Crippen molar-refractivity contribution in [3.8, 4) is 17.0 Å². The summed E-state index contributed by atoms with van der Waals surface area (Å²) in [5, 5.41) is 0. The summed E-state index contributed by atoms with van der Waals surface area (Å²) in [5.41, 5.74) is 1.57. The molecule has 12 heteroatoms. The van der Waals surface area contributed by atoms with E-state index in [1.807, 2.05) is 0 Å². The number of hydrogen-bond acceptors (Lipinski definition) is 7. The quantitative estimate of drug-likeness (QED) is 0.339. The molecule has 0 fully saturated rings. The number of hydrogen-bond donors (Lipinski definition) is 1. The van der Waals surface area contributed by atoms with E-state index in [-0.39, 0.29) is 23.7 Å². The van der Waals surface area contributed by atoms with Gasteiger partial charge < -0.3 is 9.47 Å². The first kappa shape index (κ1) is 25.2. The summed E-state index contributed by atoms with van der Waals surface area (Å²) in [6.07, 6.45) is 5.01. The van der Waals surface area contributed by atoms with Crippen LogP contribution < -0.4 is 15.0 Å². The highest BCUT2D eigenvalue weighted by Crippen LogP contribution is 2.31. The Hall–Kier alpha value is -3.90. The Morgan fingerprint density at radius 2 is 1.83 bits per heavy atom. The standard InChI is InChI=1S/C24H22F2N4O5S/c1-15-12-27-22-7-4-16(14-30(22)24(15)31)17-10-20(23(28-13-17)35-9-3-8-34-2)29-36(32,33)21-6-5-18(25)11-19(21)26/h4-7,10-14,29H,3,8-9H2,1-2H3. The van der Waals surface area contributed by atoms with Crippen LogP contribution in [0.4, 0.5) is 14.5 Å². The number of aromatic nitrogens is 3. The fourth-order valence-corrected chi connectivity index (χ4v) is 4.51. The molecule has 0 aliphatic heterocycles. The second-order valence-electron chi connectivity index (χ2n) is 7.84. The fourth-order valence-electron chi connectivity index (χ4n) is 3.40. The molecule has 0 aliphatic carbocycles. The zero-order valence-corrected chi connectivity index (χ0v) is 20.2. The van der Waals surface area contributed by atoms with E-state index in [2.05, 4.69) is 14.7 Å². The van der Waals surface area contributed by atoms with Crippen LogP contribution in [0.15, 0.2) is 64.7 Å². The van der Waals surface area contributed by atoms with E-state index in [1.165, 1.54) is 30.0 Å². The second-order valence-corrected chi connectivity index (χ2v) is 9.49. The molecule has 0 radical (unpaired) electrons. The van der Waals surface area contributed by atoms with Crippen molar-refractivity contribution in [2.24, 2.45) is 0 Å². The normalized spacial score (nSPS) is 11.6. The predicted octanol–water partition coefficient (Wildman–Crippen LogP) is 3.56. The van der Waals surface area contributed by atoms with Crippen LogP contribution in [0, 0.1) is 18.6 Å². The number of halogens is 2. The molecule has 0 atom stereocenters. The summed E-state index contributed by atoms with van der Waals surface area (Å²) in [6, 6.07) is 6.95. The zero-order chi connectivity index (χ0) is 25.9. The van der Waals surface area contributed by atoms with Crippen LogP contribution in [-0.4, -0.2) is 43.1 Å². The molecule has 3 aromatic heterocycles. The van der Waals surface area contributed by atoms with Crippen molar-refractivity contribution in [2.45, 2.75) is 18.2 Å². The Morgan fingerprint density at radius 3 is 2.58 bits per heavy atom. The Balaban J connectivity index is 1.76. The first-order valence-corrected chi connectivity index (χ1v) is 12.3. The number of fused-ring (bicyclic) bond motifs is 1. The number of aryl methyl sites for hydroxylation is 1. The van der Waals surface area contributed by atoms with Crippen molar-refractivity contribution in [1.29, 1.82) is 0 Å². The van der Waals surface area contributed by atoms with Crippen LogP contribution in [-0.2, 0) is 14.8 Å². The molecular weight excluding hydrogens is 494 g/mol. The number of anilines is 1. The van der Waals surface area contributed by atoms with E-state index in [1.54, 1.807) is 25.3 Å². The number of methoxy groups -OCH3 is 1. The average Bonchev–Trinajstić information content (AvgIpc) is 2.84. The van der Waals surface area contributed by atoms with Gasteiger partial charge in [0.1, 0.15) is 27.9 Å². The maximum absolute atomic E-state index is 14.2. The molecule has 0 bridgehead atoms. The lowest BCUT2D eigenvalue weighted by atomic mass is 10.1. The van der Waals surface area contributed by atoms with Crippen LogP contribution >= 0.6 is 0 Å². The fraction of sp³-hybridized carbons (Fsp3) is 0.208. The topological polar surface area (TPSA) is 112 Å². The van der Waals surface area contributed by atoms with Gasteiger partial charge in [0.2, 0.25) is 5.88 Å². The third-order valence-corrected chi connectivity index (χ3v) is 6.62. The van der Waals surface area contributed by atoms with Crippen LogP contribution in [0.2, 0.25) is 0 Å². The summed E-state index contributed by atoms with van der Waals surface area (Å²) in [7, 11) is -2.93. The summed E-state index contributed by atoms with van der Waals surface area (Å²) in [6.45, 7) is 2.24. The molecule has 0 amide bonds. The van der Waals surface area contributed by atoms with Crippen molar-refractivity contribution in [2.75, 3.05) is 25.0 Å². The van der Waals surface area contributed by atoms with E-state index in [0.29, 0.717) is 41.4 Å². The smallest absolute Gasteiger partial charge is 0.264 e. The minimum atomic E-state index is -4.47. The van der Waals surface area contributed by atoms with E-state index < -0.39 is 26.6 Å². The first-order chi connectivity index (χ1) is 17.2. The van der Waals surface area contributed by atoms with Gasteiger partial charge in [0.15, 0.2) is 0 Å². The van der Waals surface area contributed by atoms with E-state index in [0.717, 1.165) is 12.1 Å². The van der Waals surface area contributed by atoms with Gasteiger partial charge in [-0.15, -0.1) is 0 Å². The molecule has 0 saturated heterocycles. The van der Waals surface area contributed by atoms with Gasteiger partial charge in [-0.3, -0.25) is 13.9 Å². The summed E-state index contributed by atoms with van der Waals surface area (Å²) >= 11 is 0. The number of sulfonamides is 1. The van der Waals surface area contributed by atoms with Crippen LogP contribution in [0.25, 0.3) is 16.8 Å². The maximum Gasteiger partial charge on any atom is 0.264 e. The average molecular weight is 517 g/mol. The summed E-state index contributed by atoms with van der Waals surface area (Å²) in [5.74, 6) is -2.20. The number of rotatable bonds is 9. The van der Waals surface area contributed by atoms with Crippen molar-refractivity contribution in [1.82, 2.24) is 14.4 Å². The monoisotopic (exact) mass is 516 g/mol. The van der Waals surface area contributed by atoms with Gasteiger partial charge in [-0.25, -0.2) is 27.2 Å². The minimum absolute atomic E-state index is 0.0450. The number of nitrogens with one attached hydrogen (secondary N) is 1. The molecule has 0 aliphatic rings.